The second-order valence-electron chi connectivity index (χ2n) is 5.91. The summed E-state index contributed by atoms with van der Waals surface area (Å²) in [4.78, 5) is 13.4. The Balaban J connectivity index is 1.93. The molecule has 1 amide bonds. The Morgan fingerprint density at radius 2 is 1.65 bits per heavy atom. The number of benzene rings is 2. The van der Waals surface area contributed by atoms with Gasteiger partial charge in [0.25, 0.3) is 5.91 Å². The van der Waals surface area contributed by atoms with E-state index >= 15 is 0 Å². The summed E-state index contributed by atoms with van der Waals surface area (Å²) in [7, 11) is 1.97. The van der Waals surface area contributed by atoms with Crippen LogP contribution in [0.4, 0.5) is 10.1 Å². The molecule has 2 atom stereocenters. The first-order valence-corrected chi connectivity index (χ1v) is 7.96. The molecule has 0 aliphatic heterocycles. The van der Waals surface area contributed by atoms with Crippen LogP contribution in [-0.2, 0) is 17.8 Å². The highest BCUT2D eigenvalue weighted by Crippen LogP contribution is 2.10. The van der Waals surface area contributed by atoms with E-state index in [1.165, 1.54) is 17.7 Å². The van der Waals surface area contributed by atoms with Gasteiger partial charge >= 0.3 is 0 Å². The Labute approximate surface area is 137 Å². The Morgan fingerprint density at radius 1 is 1.09 bits per heavy atom. The molecule has 0 spiro atoms. The largest absolute Gasteiger partial charge is 0.324 e. The standard InChI is InChI=1S/C19H23FN2O/c1-4-15-7-11-18(12-8-15)21-19(23)14(2)22(3)13-16-5-9-17(20)10-6-16/h5-12,14H,4,13H2,1-3H3,(H,21,23)/p+1/t14-/m0/s1. The Bertz CT molecular complexity index is 637. The van der Waals surface area contributed by atoms with E-state index in [4.69, 9.17) is 0 Å². The monoisotopic (exact) mass is 315 g/mol. The molecule has 2 aromatic carbocycles. The summed E-state index contributed by atoms with van der Waals surface area (Å²) in [5.74, 6) is -0.262. The van der Waals surface area contributed by atoms with Crippen molar-refractivity contribution in [2.45, 2.75) is 32.9 Å². The van der Waals surface area contributed by atoms with E-state index in [1.807, 2.05) is 38.2 Å². The number of carbonyl (C=O) groups excluding carboxylic acids is 1. The lowest BCUT2D eigenvalue weighted by Crippen LogP contribution is -3.12. The number of carbonyl (C=O) groups is 1. The molecule has 1 unspecified atom stereocenters. The van der Waals surface area contributed by atoms with Crippen molar-refractivity contribution < 1.29 is 14.1 Å². The average Bonchev–Trinajstić information content (AvgIpc) is 2.56. The first-order valence-electron chi connectivity index (χ1n) is 7.96. The Hall–Kier alpha value is -2.20. The molecule has 0 saturated carbocycles. The van der Waals surface area contributed by atoms with Gasteiger partial charge in [0.1, 0.15) is 12.4 Å². The van der Waals surface area contributed by atoms with Gasteiger partial charge in [-0.25, -0.2) is 4.39 Å². The van der Waals surface area contributed by atoms with Gasteiger partial charge in [-0.2, -0.15) is 0 Å². The number of aryl methyl sites for hydroxylation is 1. The minimum Gasteiger partial charge on any atom is -0.324 e. The van der Waals surface area contributed by atoms with Crippen LogP contribution in [0.2, 0.25) is 0 Å². The lowest BCUT2D eigenvalue weighted by molar-refractivity contribution is -0.907. The molecule has 0 radical (unpaired) electrons. The number of nitrogens with one attached hydrogen (secondary N) is 2. The molecule has 122 valence electrons. The number of amides is 1. The number of hydrogen-bond acceptors (Lipinski definition) is 1. The van der Waals surface area contributed by atoms with Crippen LogP contribution < -0.4 is 10.2 Å². The number of rotatable bonds is 6. The molecule has 0 saturated heterocycles. The van der Waals surface area contributed by atoms with Crippen molar-refractivity contribution in [1.29, 1.82) is 0 Å². The van der Waals surface area contributed by atoms with Crippen molar-refractivity contribution in [1.82, 2.24) is 0 Å². The zero-order valence-electron chi connectivity index (χ0n) is 13.9. The minimum atomic E-state index is -0.243. The third-order valence-corrected chi connectivity index (χ3v) is 4.16. The number of halogens is 1. The van der Waals surface area contributed by atoms with Crippen LogP contribution in [0.3, 0.4) is 0 Å². The fourth-order valence-electron chi connectivity index (χ4n) is 2.38. The topological polar surface area (TPSA) is 33.5 Å². The molecule has 0 fully saturated rings. The molecule has 4 heteroatoms. The SMILES string of the molecule is CCc1ccc(NC(=O)[C@H](C)[NH+](C)Cc2ccc(F)cc2)cc1. The summed E-state index contributed by atoms with van der Waals surface area (Å²) in [5.41, 5.74) is 3.07. The van der Waals surface area contributed by atoms with Gasteiger partial charge in [0.2, 0.25) is 0 Å². The lowest BCUT2D eigenvalue weighted by Gasteiger charge is -2.21. The summed E-state index contributed by atoms with van der Waals surface area (Å²) in [6.45, 7) is 4.67. The van der Waals surface area contributed by atoms with Crippen LogP contribution in [0, 0.1) is 5.82 Å². The number of hydrogen-bond donors (Lipinski definition) is 2. The van der Waals surface area contributed by atoms with Gasteiger partial charge < -0.3 is 10.2 Å². The maximum atomic E-state index is 12.9. The third-order valence-electron chi connectivity index (χ3n) is 4.16. The zero-order chi connectivity index (χ0) is 16.8. The second-order valence-corrected chi connectivity index (χ2v) is 5.91. The van der Waals surface area contributed by atoms with Crippen LogP contribution in [0.1, 0.15) is 25.0 Å². The van der Waals surface area contributed by atoms with Crippen LogP contribution >= 0.6 is 0 Å². The van der Waals surface area contributed by atoms with Gasteiger partial charge in [0.15, 0.2) is 6.04 Å². The van der Waals surface area contributed by atoms with Crippen LogP contribution in [-0.4, -0.2) is 19.0 Å². The molecule has 2 aromatic rings. The van der Waals surface area contributed by atoms with Gasteiger partial charge in [-0.1, -0.05) is 31.2 Å². The van der Waals surface area contributed by atoms with Crippen molar-refractivity contribution >= 4 is 11.6 Å². The highest BCUT2D eigenvalue weighted by Gasteiger charge is 2.22. The highest BCUT2D eigenvalue weighted by molar-refractivity contribution is 5.93. The predicted molar refractivity (Wildman–Crippen MR) is 90.9 cm³/mol. The fourth-order valence-corrected chi connectivity index (χ4v) is 2.38. The molecule has 0 aliphatic carbocycles. The molecule has 0 bridgehead atoms. The summed E-state index contributed by atoms with van der Waals surface area (Å²) in [6, 6.07) is 14.1. The number of likely N-dealkylation sites (N-methyl/N-ethyl adjacent to an activating group) is 1. The molecular formula is C19H24FN2O+. The van der Waals surface area contributed by atoms with Crippen LogP contribution in [0.15, 0.2) is 48.5 Å². The summed E-state index contributed by atoms with van der Waals surface area (Å²) in [5, 5.41) is 2.95. The maximum absolute atomic E-state index is 12.9. The smallest absolute Gasteiger partial charge is 0.282 e. The summed E-state index contributed by atoms with van der Waals surface area (Å²) in [6.07, 6.45) is 0.981. The van der Waals surface area contributed by atoms with Crippen molar-refractivity contribution in [3.8, 4) is 0 Å². The van der Waals surface area contributed by atoms with E-state index in [0.29, 0.717) is 6.54 Å². The van der Waals surface area contributed by atoms with E-state index in [-0.39, 0.29) is 17.8 Å². The lowest BCUT2D eigenvalue weighted by atomic mass is 10.1. The van der Waals surface area contributed by atoms with Crippen molar-refractivity contribution in [2.75, 3.05) is 12.4 Å². The Kier molecular flexibility index (Phi) is 5.88. The number of anilines is 1. The van der Waals surface area contributed by atoms with E-state index < -0.39 is 0 Å². The van der Waals surface area contributed by atoms with Crippen molar-refractivity contribution in [2.24, 2.45) is 0 Å². The van der Waals surface area contributed by atoms with Crippen LogP contribution in [0.25, 0.3) is 0 Å². The quantitative estimate of drug-likeness (QED) is 0.843. The molecule has 0 aliphatic rings. The molecule has 0 heterocycles. The van der Waals surface area contributed by atoms with Gasteiger partial charge in [0.05, 0.1) is 7.05 Å². The van der Waals surface area contributed by atoms with Gasteiger partial charge in [-0.05, 0) is 43.2 Å². The van der Waals surface area contributed by atoms with Gasteiger partial charge in [0, 0.05) is 11.3 Å². The van der Waals surface area contributed by atoms with E-state index in [9.17, 15) is 9.18 Å². The van der Waals surface area contributed by atoms with Crippen molar-refractivity contribution in [3.05, 3.63) is 65.5 Å². The molecule has 0 aromatic heterocycles. The van der Waals surface area contributed by atoms with Gasteiger partial charge in [-0.15, -0.1) is 0 Å². The number of quaternary nitrogens is 1. The fraction of sp³-hybridized carbons (Fsp3) is 0.316. The van der Waals surface area contributed by atoms with Crippen LogP contribution in [0.5, 0.6) is 0 Å². The van der Waals surface area contributed by atoms with Gasteiger partial charge in [-0.3, -0.25) is 4.79 Å². The molecule has 2 N–H and O–H groups in total. The first-order chi connectivity index (χ1) is 11.0. The van der Waals surface area contributed by atoms with E-state index in [0.717, 1.165) is 22.6 Å². The maximum Gasteiger partial charge on any atom is 0.282 e. The zero-order valence-corrected chi connectivity index (χ0v) is 13.9. The average molecular weight is 315 g/mol. The molecule has 23 heavy (non-hydrogen) atoms. The molecular weight excluding hydrogens is 291 g/mol. The second kappa shape index (κ2) is 7.88. The van der Waals surface area contributed by atoms with Crippen molar-refractivity contribution in [3.63, 3.8) is 0 Å². The Morgan fingerprint density at radius 3 is 2.22 bits per heavy atom. The highest BCUT2D eigenvalue weighted by atomic mass is 19.1. The van der Waals surface area contributed by atoms with E-state index in [2.05, 4.69) is 12.2 Å². The third kappa shape index (κ3) is 4.89. The predicted octanol–water partition coefficient (Wildman–Crippen LogP) is 2.43. The summed E-state index contributed by atoms with van der Waals surface area (Å²) < 4.78 is 12.9. The van der Waals surface area contributed by atoms with E-state index in [1.54, 1.807) is 12.1 Å². The summed E-state index contributed by atoms with van der Waals surface area (Å²) >= 11 is 0. The molecule has 3 nitrogen and oxygen atoms in total. The first kappa shape index (κ1) is 17.2. The normalized spacial score (nSPS) is 13.4. The minimum absolute atomic E-state index is 0.0196. The molecule has 2 rings (SSSR count).